The topological polar surface area (TPSA) is 51.0 Å². The zero-order valence-corrected chi connectivity index (χ0v) is 19.2. The molecule has 0 atom stereocenters. The number of carbonyl (C=O) groups excluding carboxylic acids is 1. The molecule has 0 aliphatic carbocycles. The second kappa shape index (κ2) is 7.61. The summed E-state index contributed by atoms with van der Waals surface area (Å²) in [5, 5.41) is 5.39. The van der Waals surface area contributed by atoms with E-state index in [0.717, 1.165) is 47.4 Å². The molecule has 5 rings (SSSR count). The van der Waals surface area contributed by atoms with Gasteiger partial charge in [-0.25, -0.2) is 9.67 Å². The van der Waals surface area contributed by atoms with E-state index < -0.39 is 0 Å². The van der Waals surface area contributed by atoms with Crippen molar-refractivity contribution in [1.82, 2.24) is 14.8 Å². The summed E-state index contributed by atoms with van der Waals surface area (Å²) in [7, 11) is 0. The van der Waals surface area contributed by atoms with Gasteiger partial charge in [-0.15, -0.1) is 11.3 Å². The monoisotopic (exact) mass is 430 g/mol. The third-order valence-electron chi connectivity index (χ3n) is 5.96. The maximum absolute atomic E-state index is 13.9. The molecule has 0 N–H and O–H groups in total. The highest BCUT2D eigenvalue weighted by atomic mass is 32.1. The lowest BCUT2D eigenvalue weighted by Gasteiger charge is -2.29. The van der Waals surface area contributed by atoms with Gasteiger partial charge in [0.2, 0.25) is 0 Å². The van der Waals surface area contributed by atoms with Crippen LogP contribution >= 0.6 is 11.3 Å². The van der Waals surface area contributed by atoms with Crippen LogP contribution in [-0.2, 0) is 6.42 Å². The van der Waals surface area contributed by atoms with Crippen LogP contribution in [0.1, 0.15) is 52.0 Å². The third-order valence-corrected chi connectivity index (χ3v) is 6.92. The second-order valence-corrected chi connectivity index (χ2v) is 9.95. The molecule has 5 nitrogen and oxygen atoms in total. The van der Waals surface area contributed by atoms with Crippen LogP contribution in [0.4, 0.5) is 5.69 Å². The Morgan fingerprint density at radius 1 is 1.16 bits per heavy atom. The van der Waals surface area contributed by atoms with Crippen molar-refractivity contribution in [1.29, 1.82) is 0 Å². The SMILES string of the molecule is Cc1cc(-c2cc(C(=O)N3CCCc4ccccc43)c3cnn(C(C)C)c3n2)c(C)s1. The fourth-order valence-electron chi connectivity index (χ4n) is 4.49. The first-order valence-corrected chi connectivity index (χ1v) is 11.6. The molecule has 158 valence electrons. The molecule has 4 aromatic rings. The van der Waals surface area contributed by atoms with Crippen LogP contribution in [0, 0.1) is 13.8 Å². The number of fused-ring (bicyclic) bond motifs is 2. The molecule has 6 heteroatoms. The standard InChI is InChI=1S/C25H26N4OS/c1-15(2)29-24-21(14-26-29)20(13-22(27-24)19-12-16(3)31-17(19)4)25(30)28-11-7-9-18-8-5-6-10-23(18)28/h5-6,8,10,12-15H,7,9,11H2,1-4H3. The van der Waals surface area contributed by atoms with Crippen molar-refractivity contribution in [3.63, 3.8) is 0 Å². The lowest BCUT2D eigenvalue weighted by Crippen LogP contribution is -2.35. The van der Waals surface area contributed by atoms with Gasteiger partial charge in [0, 0.05) is 33.6 Å². The second-order valence-electron chi connectivity index (χ2n) is 8.49. The number of pyridine rings is 1. The van der Waals surface area contributed by atoms with E-state index >= 15 is 0 Å². The van der Waals surface area contributed by atoms with Gasteiger partial charge in [-0.05, 0) is 64.3 Å². The molecule has 3 aromatic heterocycles. The number of carbonyl (C=O) groups is 1. The van der Waals surface area contributed by atoms with E-state index in [-0.39, 0.29) is 11.9 Å². The van der Waals surface area contributed by atoms with Gasteiger partial charge >= 0.3 is 0 Å². The van der Waals surface area contributed by atoms with Gasteiger partial charge in [0.15, 0.2) is 5.65 Å². The predicted molar refractivity (Wildman–Crippen MR) is 127 cm³/mol. The molecule has 0 saturated carbocycles. The van der Waals surface area contributed by atoms with Crippen LogP contribution in [0.25, 0.3) is 22.3 Å². The Morgan fingerprint density at radius 3 is 2.71 bits per heavy atom. The number of thiophene rings is 1. The highest BCUT2D eigenvalue weighted by molar-refractivity contribution is 7.12. The minimum atomic E-state index is 0.0220. The zero-order valence-electron chi connectivity index (χ0n) is 18.3. The summed E-state index contributed by atoms with van der Waals surface area (Å²) < 4.78 is 1.91. The van der Waals surface area contributed by atoms with E-state index in [1.807, 2.05) is 27.8 Å². The Bertz CT molecular complexity index is 1300. The number of para-hydroxylation sites is 1. The van der Waals surface area contributed by atoms with Crippen molar-refractivity contribution in [3.05, 3.63) is 63.5 Å². The largest absolute Gasteiger partial charge is 0.308 e. The molecule has 0 bridgehead atoms. The van der Waals surface area contributed by atoms with E-state index in [2.05, 4.69) is 51.0 Å². The molecular formula is C25H26N4OS. The Kier molecular flexibility index (Phi) is 4.89. The summed E-state index contributed by atoms with van der Waals surface area (Å²) in [4.78, 5) is 23.2. The summed E-state index contributed by atoms with van der Waals surface area (Å²) in [5.74, 6) is 0.0220. The van der Waals surface area contributed by atoms with Gasteiger partial charge in [-0.2, -0.15) is 5.10 Å². The van der Waals surface area contributed by atoms with Crippen molar-refractivity contribution in [3.8, 4) is 11.3 Å². The van der Waals surface area contributed by atoms with Gasteiger partial charge in [0.05, 0.1) is 22.8 Å². The molecule has 0 saturated heterocycles. The number of aromatic nitrogens is 3. The lowest BCUT2D eigenvalue weighted by atomic mass is 10.00. The maximum Gasteiger partial charge on any atom is 0.259 e. The van der Waals surface area contributed by atoms with Crippen LogP contribution in [0.2, 0.25) is 0 Å². The van der Waals surface area contributed by atoms with Crippen LogP contribution in [-0.4, -0.2) is 27.2 Å². The molecule has 31 heavy (non-hydrogen) atoms. The number of benzene rings is 1. The van der Waals surface area contributed by atoms with E-state index in [1.165, 1.54) is 15.3 Å². The number of aryl methyl sites for hydroxylation is 3. The van der Waals surface area contributed by atoms with E-state index in [9.17, 15) is 4.79 Å². The highest BCUT2D eigenvalue weighted by Crippen LogP contribution is 2.34. The number of nitrogens with zero attached hydrogens (tertiary/aromatic N) is 4. The fourth-order valence-corrected chi connectivity index (χ4v) is 5.42. The quantitative estimate of drug-likeness (QED) is 0.403. The Labute approximate surface area is 186 Å². The first-order valence-electron chi connectivity index (χ1n) is 10.8. The first kappa shape index (κ1) is 19.9. The Hall–Kier alpha value is -2.99. The van der Waals surface area contributed by atoms with Crippen molar-refractivity contribution in [2.24, 2.45) is 0 Å². The summed E-state index contributed by atoms with van der Waals surface area (Å²) in [6.07, 6.45) is 3.77. The molecule has 1 aromatic carbocycles. The van der Waals surface area contributed by atoms with Crippen LogP contribution in [0.3, 0.4) is 0 Å². The molecule has 0 fully saturated rings. The van der Waals surface area contributed by atoms with Gasteiger partial charge < -0.3 is 4.90 Å². The first-order chi connectivity index (χ1) is 14.9. The predicted octanol–water partition coefficient (Wildman–Crippen LogP) is 5.95. The van der Waals surface area contributed by atoms with Gasteiger partial charge in [0.25, 0.3) is 5.91 Å². The molecule has 1 amide bonds. The van der Waals surface area contributed by atoms with Crippen molar-refractivity contribution in [2.75, 3.05) is 11.4 Å². The molecule has 1 aliphatic heterocycles. The van der Waals surface area contributed by atoms with Crippen molar-refractivity contribution >= 4 is 34.0 Å². The summed E-state index contributed by atoms with van der Waals surface area (Å²) in [6.45, 7) is 9.12. The lowest BCUT2D eigenvalue weighted by molar-refractivity contribution is 0.0986. The van der Waals surface area contributed by atoms with E-state index in [1.54, 1.807) is 17.5 Å². The van der Waals surface area contributed by atoms with Crippen LogP contribution in [0.5, 0.6) is 0 Å². The average molecular weight is 431 g/mol. The third kappa shape index (κ3) is 3.35. The van der Waals surface area contributed by atoms with Crippen molar-refractivity contribution < 1.29 is 4.79 Å². The minimum absolute atomic E-state index is 0.0220. The average Bonchev–Trinajstić information content (AvgIpc) is 3.34. The molecular weight excluding hydrogens is 404 g/mol. The van der Waals surface area contributed by atoms with E-state index in [4.69, 9.17) is 4.98 Å². The number of anilines is 1. The summed E-state index contributed by atoms with van der Waals surface area (Å²) in [6, 6.07) is 12.5. The number of hydrogen-bond donors (Lipinski definition) is 0. The molecule has 1 aliphatic rings. The Morgan fingerprint density at radius 2 is 1.97 bits per heavy atom. The number of rotatable bonds is 3. The summed E-state index contributed by atoms with van der Waals surface area (Å²) >= 11 is 1.76. The van der Waals surface area contributed by atoms with Crippen LogP contribution < -0.4 is 4.90 Å². The minimum Gasteiger partial charge on any atom is -0.308 e. The number of amides is 1. The molecule has 0 spiro atoms. The molecule has 0 radical (unpaired) electrons. The molecule has 4 heterocycles. The maximum atomic E-state index is 13.9. The normalized spacial score (nSPS) is 13.8. The Balaban J connectivity index is 1.71. The van der Waals surface area contributed by atoms with Gasteiger partial charge in [0.1, 0.15) is 0 Å². The van der Waals surface area contributed by atoms with Gasteiger partial charge in [-0.1, -0.05) is 18.2 Å². The van der Waals surface area contributed by atoms with Crippen molar-refractivity contribution in [2.45, 2.75) is 46.6 Å². The van der Waals surface area contributed by atoms with Crippen LogP contribution in [0.15, 0.2) is 42.6 Å². The van der Waals surface area contributed by atoms with Gasteiger partial charge in [-0.3, -0.25) is 4.79 Å². The smallest absolute Gasteiger partial charge is 0.259 e. The molecule has 0 unspecified atom stereocenters. The number of hydrogen-bond acceptors (Lipinski definition) is 4. The summed E-state index contributed by atoms with van der Waals surface area (Å²) in [5.41, 5.74) is 5.62. The fraction of sp³-hybridized carbons (Fsp3) is 0.320. The highest BCUT2D eigenvalue weighted by Gasteiger charge is 2.27. The van der Waals surface area contributed by atoms with E-state index in [0.29, 0.717) is 5.56 Å². The zero-order chi connectivity index (χ0) is 21.7.